The molecule has 1 N–H and O–H groups in total. The number of thiazole rings is 1. The van der Waals surface area contributed by atoms with E-state index in [1.165, 1.54) is 4.88 Å². The number of anilines is 1. The molecule has 0 aromatic carbocycles. The predicted molar refractivity (Wildman–Crippen MR) is 67.2 cm³/mol. The van der Waals surface area contributed by atoms with Crippen molar-refractivity contribution >= 4 is 16.5 Å². The molecule has 0 spiro atoms. The Balaban J connectivity index is 2.16. The number of aromatic nitrogens is 1. The van der Waals surface area contributed by atoms with Gasteiger partial charge < -0.3 is 15.0 Å². The quantitative estimate of drug-likeness (QED) is 0.868. The van der Waals surface area contributed by atoms with Crippen LogP contribution < -0.4 is 10.2 Å². The lowest BCUT2D eigenvalue weighted by molar-refractivity contribution is 0.0989. The van der Waals surface area contributed by atoms with E-state index in [4.69, 9.17) is 4.74 Å². The Morgan fingerprint density at radius 2 is 2.44 bits per heavy atom. The number of ether oxygens (including phenoxy) is 1. The highest BCUT2D eigenvalue weighted by Gasteiger charge is 2.22. The van der Waals surface area contributed by atoms with Crippen LogP contribution in [0.15, 0.2) is 0 Å². The molecule has 4 nitrogen and oxygen atoms in total. The van der Waals surface area contributed by atoms with E-state index < -0.39 is 0 Å². The molecule has 1 aromatic rings. The van der Waals surface area contributed by atoms with Crippen LogP contribution in [0.5, 0.6) is 0 Å². The molecule has 1 aliphatic heterocycles. The van der Waals surface area contributed by atoms with E-state index in [-0.39, 0.29) is 0 Å². The van der Waals surface area contributed by atoms with Crippen LogP contribution in [0.4, 0.5) is 5.13 Å². The zero-order valence-electron chi connectivity index (χ0n) is 10.1. The molecule has 2 rings (SSSR count). The van der Waals surface area contributed by atoms with Gasteiger partial charge in [0.05, 0.1) is 24.9 Å². The fourth-order valence-corrected chi connectivity index (χ4v) is 3.07. The molecule has 16 heavy (non-hydrogen) atoms. The number of rotatable bonds is 3. The van der Waals surface area contributed by atoms with Gasteiger partial charge in [-0.15, -0.1) is 11.3 Å². The number of morpholine rings is 1. The maximum atomic E-state index is 5.44. The minimum absolute atomic E-state index is 0.432. The first-order valence-corrected chi connectivity index (χ1v) is 6.49. The lowest BCUT2D eigenvalue weighted by Crippen LogP contribution is -2.43. The van der Waals surface area contributed by atoms with E-state index in [1.807, 2.05) is 7.05 Å². The molecular formula is C11H19N3OS. The van der Waals surface area contributed by atoms with E-state index in [9.17, 15) is 0 Å². The van der Waals surface area contributed by atoms with Crippen LogP contribution in [-0.4, -0.2) is 37.8 Å². The molecule has 1 saturated heterocycles. The topological polar surface area (TPSA) is 37.4 Å². The van der Waals surface area contributed by atoms with Crippen LogP contribution in [-0.2, 0) is 11.3 Å². The number of hydrogen-bond acceptors (Lipinski definition) is 5. The van der Waals surface area contributed by atoms with E-state index in [1.54, 1.807) is 11.3 Å². The van der Waals surface area contributed by atoms with Gasteiger partial charge in [0.1, 0.15) is 0 Å². The van der Waals surface area contributed by atoms with Crippen molar-refractivity contribution in [2.24, 2.45) is 0 Å². The normalized spacial score (nSPS) is 21.4. The maximum absolute atomic E-state index is 5.44. The standard InChI is InChI=1S/C11H19N3OS/c1-8-7-15-5-4-14(8)11-13-9(2)10(16-11)6-12-3/h8,12H,4-7H2,1-3H3. The van der Waals surface area contributed by atoms with Gasteiger partial charge in [-0.3, -0.25) is 0 Å². The summed E-state index contributed by atoms with van der Waals surface area (Å²) in [5.41, 5.74) is 1.15. The Morgan fingerprint density at radius 3 is 3.12 bits per heavy atom. The summed E-state index contributed by atoms with van der Waals surface area (Å²) in [6, 6.07) is 0.432. The number of aryl methyl sites for hydroxylation is 1. The van der Waals surface area contributed by atoms with Gasteiger partial charge in [0.2, 0.25) is 0 Å². The summed E-state index contributed by atoms with van der Waals surface area (Å²) >= 11 is 1.79. The highest BCUT2D eigenvalue weighted by atomic mass is 32.1. The van der Waals surface area contributed by atoms with Gasteiger partial charge in [0.15, 0.2) is 5.13 Å². The van der Waals surface area contributed by atoms with Crippen molar-refractivity contribution in [2.45, 2.75) is 26.4 Å². The van der Waals surface area contributed by atoms with Crippen LogP contribution in [0, 0.1) is 6.92 Å². The second-order valence-electron chi connectivity index (χ2n) is 4.15. The van der Waals surface area contributed by atoms with Crippen molar-refractivity contribution in [1.82, 2.24) is 10.3 Å². The van der Waals surface area contributed by atoms with Gasteiger partial charge in [0.25, 0.3) is 0 Å². The predicted octanol–water partition coefficient (Wildman–Crippen LogP) is 1.40. The highest BCUT2D eigenvalue weighted by Crippen LogP contribution is 2.28. The molecule has 0 saturated carbocycles. The Labute approximate surface area is 101 Å². The first-order valence-electron chi connectivity index (χ1n) is 5.67. The monoisotopic (exact) mass is 241 g/mol. The van der Waals surface area contributed by atoms with Gasteiger partial charge >= 0.3 is 0 Å². The summed E-state index contributed by atoms with van der Waals surface area (Å²) in [6.07, 6.45) is 0. The third kappa shape index (κ3) is 2.36. The molecule has 90 valence electrons. The third-order valence-electron chi connectivity index (χ3n) is 2.83. The summed E-state index contributed by atoms with van der Waals surface area (Å²) in [4.78, 5) is 8.33. The molecule has 0 amide bonds. The van der Waals surface area contributed by atoms with E-state index in [0.29, 0.717) is 6.04 Å². The van der Waals surface area contributed by atoms with Crippen molar-refractivity contribution in [3.05, 3.63) is 10.6 Å². The molecule has 1 fully saturated rings. The van der Waals surface area contributed by atoms with Gasteiger partial charge in [-0.05, 0) is 20.9 Å². The van der Waals surface area contributed by atoms with Crippen molar-refractivity contribution < 1.29 is 4.74 Å². The minimum Gasteiger partial charge on any atom is -0.377 e. The van der Waals surface area contributed by atoms with Crippen molar-refractivity contribution in [2.75, 3.05) is 31.7 Å². The summed E-state index contributed by atoms with van der Waals surface area (Å²) in [7, 11) is 1.97. The minimum atomic E-state index is 0.432. The molecule has 0 aliphatic carbocycles. The van der Waals surface area contributed by atoms with Crippen LogP contribution in [0.3, 0.4) is 0 Å². The molecule has 1 unspecified atom stereocenters. The van der Waals surface area contributed by atoms with Crippen LogP contribution >= 0.6 is 11.3 Å². The van der Waals surface area contributed by atoms with E-state index >= 15 is 0 Å². The lowest BCUT2D eigenvalue weighted by Gasteiger charge is -2.32. The van der Waals surface area contributed by atoms with Gasteiger partial charge in [-0.25, -0.2) is 4.98 Å². The van der Waals surface area contributed by atoms with E-state index in [2.05, 4.69) is 29.0 Å². The summed E-state index contributed by atoms with van der Waals surface area (Å²) in [5, 5.41) is 4.32. The second kappa shape index (κ2) is 5.12. The van der Waals surface area contributed by atoms with Gasteiger partial charge in [-0.1, -0.05) is 0 Å². The Hall–Kier alpha value is -0.650. The largest absolute Gasteiger partial charge is 0.377 e. The number of hydrogen-bond donors (Lipinski definition) is 1. The molecule has 1 aliphatic rings. The Kier molecular flexibility index (Phi) is 3.78. The first kappa shape index (κ1) is 11.8. The zero-order chi connectivity index (χ0) is 11.5. The summed E-state index contributed by atoms with van der Waals surface area (Å²) < 4.78 is 5.44. The average molecular weight is 241 g/mol. The zero-order valence-corrected chi connectivity index (χ0v) is 10.9. The molecular weight excluding hydrogens is 222 g/mol. The molecule has 0 radical (unpaired) electrons. The summed E-state index contributed by atoms with van der Waals surface area (Å²) in [6.45, 7) is 7.74. The van der Waals surface area contributed by atoms with Gasteiger partial charge in [-0.2, -0.15) is 0 Å². The van der Waals surface area contributed by atoms with Crippen molar-refractivity contribution in [3.8, 4) is 0 Å². The second-order valence-corrected chi connectivity index (χ2v) is 5.21. The average Bonchev–Trinajstić information content (AvgIpc) is 2.61. The molecule has 0 bridgehead atoms. The van der Waals surface area contributed by atoms with Crippen molar-refractivity contribution in [1.29, 1.82) is 0 Å². The van der Waals surface area contributed by atoms with Crippen LogP contribution in [0.25, 0.3) is 0 Å². The van der Waals surface area contributed by atoms with Crippen LogP contribution in [0.2, 0.25) is 0 Å². The molecule has 1 atom stereocenters. The maximum Gasteiger partial charge on any atom is 0.186 e. The highest BCUT2D eigenvalue weighted by molar-refractivity contribution is 7.15. The number of nitrogens with zero attached hydrogens (tertiary/aromatic N) is 2. The smallest absolute Gasteiger partial charge is 0.186 e. The van der Waals surface area contributed by atoms with Crippen molar-refractivity contribution in [3.63, 3.8) is 0 Å². The SMILES string of the molecule is CNCc1sc(N2CCOCC2C)nc1C. The fraction of sp³-hybridized carbons (Fsp3) is 0.727. The first-order chi connectivity index (χ1) is 7.72. The van der Waals surface area contributed by atoms with E-state index in [0.717, 1.165) is 37.1 Å². The Morgan fingerprint density at radius 1 is 1.62 bits per heavy atom. The third-order valence-corrected chi connectivity index (χ3v) is 4.03. The van der Waals surface area contributed by atoms with Gasteiger partial charge in [0, 0.05) is 18.0 Å². The lowest BCUT2D eigenvalue weighted by atomic mass is 10.3. The van der Waals surface area contributed by atoms with Crippen LogP contribution in [0.1, 0.15) is 17.5 Å². The summed E-state index contributed by atoms with van der Waals surface area (Å²) in [5.74, 6) is 0. The number of nitrogens with one attached hydrogen (secondary N) is 1. The molecule has 5 heteroatoms. The molecule has 2 heterocycles. The molecule has 1 aromatic heterocycles. The Bertz CT molecular complexity index is 353. The fourth-order valence-electron chi connectivity index (χ4n) is 1.87.